The third-order valence-corrected chi connectivity index (χ3v) is 2.75. The maximum atomic E-state index is 12.0. The number of carboxylic acid groups (broad SMARTS) is 1. The maximum absolute atomic E-state index is 12.0. The van der Waals surface area contributed by atoms with Crippen molar-refractivity contribution in [2.24, 2.45) is 0 Å². The van der Waals surface area contributed by atoms with E-state index in [-0.39, 0.29) is 12.5 Å². The molecule has 1 aromatic rings. The highest BCUT2D eigenvalue weighted by atomic mass is 35.5. The fraction of sp³-hybridized carbons (Fsp3) is 0.385. The van der Waals surface area contributed by atoms with E-state index in [9.17, 15) is 9.59 Å². The Morgan fingerprint density at radius 1 is 1.37 bits per heavy atom. The Balaban J connectivity index is 2.65. The number of benzene rings is 1. The number of likely N-dealkylation sites (N-methyl/N-ethyl adjacent to an activating group) is 1. The van der Waals surface area contributed by atoms with Crippen LogP contribution in [0.1, 0.15) is 13.8 Å². The second-order valence-corrected chi connectivity index (χ2v) is 4.40. The third-order valence-electron chi connectivity index (χ3n) is 2.49. The van der Waals surface area contributed by atoms with E-state index in [1.54, 1.807) is 38.1 Å². The summed E-state index contributed by atoms with van der Waals surface area (Å²) in [5, 5.41) is 9.29. The van der Waals surface area contributed by atoms with Crippen LogP contribution in [0.15, 0.2) is 24.3 Å². The van der Waals surface area contributed by atoms with Crippen molar-refractivity contribution in [1.82, 2.24) is 4.90 Å². The number of ether oxygens (including phenoxy) is 1. The van der Waals surface area contributed by atoms with E-state index in [2.05, 4.69) is 0 Å². The first kappa shape index (κ1) is 15.3. The number of carbonyl (C=O) groups is 2. The molecule has 0 fully saturated rings. The van der Waals surface area contributed by atoms with E-state index < -0.39 is 12.1 Å². The molecule has 0 radical (unpaired) electrons. The molecule has 0 aliphatic carbocycles. The molecule has 5 nitrogen and oxygen atoms in total. The zero-order valence-electron chi connectivity index (χ0n) is 10.8. The van der Waals surface area contributed by atoms with E-state index in [4.69, 9.17) is 21.4 Å². The Morgan fingerprint density at radius 3 is 2.42 bits per heavy atom. The van der Waals surface area contributed by atoms with Crippen LogP contribution in [-0.4, -0.2) is 41.1 Å². The van der Waals surface area contributed by atoms with Crippen LogP contribution < -0.4 is 4.74 Å². The van der Waals surface area contributed by atoms with Crippen LogP contribution in [0, 0.1) is 0 Å². The van der Waals surface area contributed by atoms with E-state index in [1.165, 1.54) is 4.90 Å². The van der Waals surface area contributed by atoms with Crippen molar-refractivity contribution in [2.45, 2.75) is 20.0 Å². The highest BCUT2D eigenvalue weighted by Crippen LogP contribution is 2.17. The lowest BCUT2D eigenvalue weighted by Gasteiger charge is -2.23. The Labute approximate surface area is 116 Å². The number of amides is 1. The predicted molar refractivity (Wildman–Crippen MR) is 71.4 cm³/mol. The van der Waals surface area contributed by atoms with Crippen molar-refractivity contribution in [3.63, 3.8) is 0 Å². The van der Waals surface area contributed by atoms with Gasteiger partial charge in [0.1, 0.15) is 12.3 Å². The van der Waals surface area contributed by atoms with Gasteiger partial charge in [-0.1, -0.05) is 11.6 Å². The molecule has 104 valence electrons. The van der Waals surface area contributed by atoms with Crippen LogP contribution in [0.2, 0.25) is 5.02 Å². The summed E-state index contributed by atoms with van der Waals surface area (Å²) < 4.78 is 5.45. The van der Waals surface area contributed by atoms with Crippen molar-refractivity contribution in [2.75, 3.05) is 13.1 Å². The van der Waals surface area contributed by atoms with Gasteiger partial charge in [-0.15, -0.1) is 0 Å². The van der Waals surface area contributed by atoms with Crippen LogP contribution in [0.25, 0.3) is 0 Å². The highest BCUT2D eigenvalue weighted by molar-refractivity contribution is 6.30. The minimum absolute atomic E-state index is 0.319. The summed E-state index contributed by atoms with van der Waals surface area (Å²) in [6.45, 7) is 3.29. The molecule has 1 aromatic carbocycles. The molecule has 1 atom stereocenters. The van der Waals surface area contributed by atoms with E-state index in [1.807, 2.05) is 0 Å². The first-order valence-electron chi connectivity index (χ1n) is 5.86. The van der Waals surface area contributed by atoms with Gasteiger partial charge in [-0.25, -0.2) is 0 Å². The Bertz CT molecular complexity index is 446. The molecule has 1 rings (SSSR count). The molecular formula is C13H16ClNO4. The molecule has 0 aliphatic heterocycles. The first-order valence-corrected chi connectivity index (χ1v) is 6.24. The zero-order chi connectivity index (χ0) is 14.4. The Morgan fingerprint density at radius 2 is 1.95 bits per heavy atom. The number of rotatable bonds is 6. The van der Waals surface area contributed by atoms with Crippen LogP contribution >= 0.6 is 11.6 Å². The fourth-order valence-electron chi connectivity index (χ4n) is 1.53. The Kier molecular flexibility index (Phi) is 5.63. The normalized spacial score (nSPS) is 11.7. The van der Waals surface area contributed by atoms with Crippen LogP contribution in [0.4, 0.5) is 0 Å². The monoisotopic (exact) mass is 285 g/mol. The summed E-state index contributed by atoms with van der Waals surface area (Å²) in [7, 11) is 0. The van der Waals surface area contributed by atoms with E-state index >= 15 is 0 Å². The minimum Gasteiger partial charge on any atom is -0.481 e. The van der Waals surface area contributed by atoms with Gasteiger partial charge in [-0.2, -0.15) is 0 Å². The topological polar surface area (TPSA) is 66.8 Å². The number of aliphatic carboxylic acids is 1. The summed E-state index contributed by atoms with van der Waals surface area (Å²) in [6, 6.07) is 6.62. The lowest BCUT2D eigenvalue weighted by molar-refractivity contribution is -0.147. The van der Waals surface area contributed by atoms with Crippen molar-refractivity contribution in [1.29, 1.82) is 0 Å². The van der Waals surface area contributed by atoms with Crippen LogP contribution in [0.5, 0.6) is 5.75 Å². The average molecular weight is 286 g/mol. The quantitative estimate of drug-likeness (QED) is 0.868. The van der Waals surface area contributed by atoms with E-state index in [0.717, 1.165) is 0 Å². The van der Waals surface area contributed by atoms with Crippen molar-refractivity contribution in [3.8, 4) is 5.75 Å². The van der Waals surface area contributed by atoms with Gasteiger partial charge in [0.25, 0.3) is 5.91 Å². The SMILES string of the molecule is CCN(CC(=O)O)C(=O)C(C)Oc1ccc(Cl)cc1. The molecule has 19 heavy (non-hydrogen) atoms. The maximum Gasteiger partial charge on any atom is 0.323 e. The second-order valence-electron chi connectivity index (χ2n) is 3.96. The molecule has 6 heteroatoms. The molecule has 0 aromatic heterocycles. The average Bonchev–Trinajstić information content (AvgIpc) is 2.37. The molecule has 0 saturated heterocycles. The number of hydrogen-bond acceptors (Lipinski definition) is 3. The standard InChI is InChI=1S/C13H16ClNO4/c1-3-15(8-12(16)17)13(18)9(2)19-11-6-4-10(14)5-7-11/h4-7,9H,3,8H2,1-2H3,(H,16,17). The third kappa shape index (κ3) is 4.79. The second kappa shape index (κ2) is 6.99. The van der Waals surface area contributed by atoms with Gasteiger partial charge < -0.3 is 14.7 Å². The summed E-state index contributed by atoms with van der Waals surface area (Å²) in [5.74, 6) is -0.898. The minimum atomic E-state index is -1.05. The lowest BCUT2D eigenvalue weighted by atomic mass is 10.3. The summed E-state index contributed by atoms with van der Waals surface area (Å²) in [5.41, 5.74) is 0. The Hall–Kier alpha value is -1.75. The molecule has 0 bridgehead atoms. The number of halogens is 1. The van der Waals surface area contributed by atoms with Crippen LogP contribution in [0.3, 0.4) is 0 Å². The molecular weight excluding hydrogens is 270 g/mol. The van der Waals surface area contributed by atoms with Crippen molar-refractivity contribution >= 4 is 23.5 Å². The first-order chi connectivity index (χ1) is 8.93. The van der Waals surface area contributed by atoms with Gasteiger partial charge in [0.15, 0.2) is 6.10 Å². The molecule has 0 saturated carbocycles. The largest absolute Gasteiger partial charge is 0.481 e. The van der Waals surface area contributed by atoms with Crippen molar-refractivity contribution in [3.05, 3.63) is 29.3 Å². The number of carbonyl (C=O) groups excluding carboxylic acids is 1. The molecule has 0 heterocycles. The lowest BCUT2D eigenvalue weighted by Crippen LogP contribution is -2.43. The zero-order valence-corrected chi connectivity index (χ0v) is 11.6. The van der Waals surface area contributed by atoms with Gasteiger partial charge in [-0.3, -0.25) is 9.59 Å². The number of hydrogen-bond donors (Lipinski definition) is 1. The van der Waals surface area contributed by atoms with Gasteiger partial charge >= 0.3 is 5.97 Å². The smallest absolute Gasteiger partial charge is 0.323 e. The van der Waals surface area contributed by atoms with Gasteiger partial charge in [-0.05, 0) is 38.1 Å². The molecule has 0 aliphatic rings. The highest BCUT2D eigenvalue weighted by Gasteiger charge is 2.22. The van der Waals surface area contributed by atoms with E-state index in [0.29, 0.717) is 17.3 Å². The van der Waals surface area contributed by atoms with Gasteiger partial charge in [0, 0.05) is 11.6 Å². The molecule has 1 N–H and O–H groups in total. The van der Waals surface area contributed by atoms with Crippen molar-refractivity contribution < 1.29 is 19.4 Å². The van der Waals surface area contributed by atoms with Gasteiger partial charge in [0.2, 0.25) is 0 Å². The molecule has 0 spiro atoms. The van der Waals surface area contributed by atoms with Crippen LogP contribution in [-0.2, 0) is 9.59 Å². The molecule has 1 unspecified atom stereocenters. The summed E-state index contributed by atoms with van der Waals surface area (Å²) >= 11 is 5.74. The fourth-order valence-corrected chi connectivity index (χ4v) is 1.66. The number of carboxylic acids is 1. The number of nitrogens with zero attached hydrogens (tertiary/aromatic N) is 1. The summed E-state index contributed by atoms with van der Waals surface area (Å²) in [4.78, 5) is 23.9. The molecule has 1 amide bonds. The predicted octanol–water partition coefficient (Wildman–Crippen LogP) is 2.04. The van der Waals surface area contributed by atoms with Gasteiger partial charge in [0.05, 0.1) is 0 Å². The summed E-state index contributed by atoms with van der Waals surface area (Å²) in [6.07, 6.45) is -0.750.